The second kappa shape index (κ2) is 10.7. The van der Waals surface area contributed by atoms with E-state index in [1.54, 1.807) is 16.9 Å². The van der Waals surface area contributed by atoms with Gasteiger partial charge in [-0.3, -0.25) is 4.79 Å². The number of rotatable bonds is 9. The van der Waals surface area contributed by atoms with Crippen molar-refractivity contribution in [3.05, 3.63) is 95.8 Å². The highest BCUT2D eigenvalue weighted by Crippen LogP contribution is 2.27. The highest BCUT2D eigenvalue weighted by molar-refractivity contribution is 5.94. The third-order valence-corrected chi connectivity index (χ3v) is 5.65. The summed E-state index contributed by atoms with van der Waals surface area (Å²) >= 11 is 0. The van der Waals surface area contributed by atoms with Crippen LogP contribution in [0.4, 0.5) is 0 Å². The van der Waals surface area contributed by atoms with Crippen molar-refractivity contribution in [2.75, 3.05) is 13.2 Å². The van der Waals surface area contributed by atoms with Gasteiger partial charge in [-0.1, -0.05) is 60.7 Å². The number of carbonyl (C=O) groups is 2. The Balaban J connectivity index is 1.30. The molecule has 1 amide bonds. The van der Waals surface area contributed by atoms with Crippen molar-refractivity contribution in [2.45, 2.75) is 32.2 Å². The summed E-state index contributed by atoms with van der Waals surface area (Å²) in [5, 5.41) is 7.91. The van der Waals surface area contributed by atoms with Crippen molar-refractivity contribution in [3.8, 4) is 0 Å². The van der Waals surface area contributed by atoms with Crippen molar-refractivity contribution in [3.63, 3.8) is 0 Å². The summed E-state index contributed by atoms with van der Waals surface area (Å²) in [5.41, 5.74) is 3.38. The van der Waals surface area contributed by atoms with Gasteiger partial charge in [0.25, 0.3) is 5.91 Å². The van der Waals surface area contributed by atoms with Crippen LogP contribution in [-0.4, -0.2) is 39.8 Å². The molecule has 7 heteroatoms. The Morgan fingerprint density at radius 1 is 0.971 bits per heavy atom. The van der Waals surface area contributed by atoms with Crippen LogP contribution in [0.2, 0.25) is 0 Å². The van der Waals surface area contributed by atoms with Crippen LogP contribution < -0.4 is 5.32 Å². The van der Waals surface area contributed by atoms with Gasteiger partial charge in [-0.05, 0) is 37.5 Å². The van der Waals surface area contributed by atoms with E-state index >= 15 is 0 Å². The van der Waals surface area contributed by atoms with Crippen LogP contribution in [0, 0.1) is 0 Å². The van der Waals surface area contributed by atoms with Crippen LogP contribution in [-0.2, 0) is 9.53 Å². The van der Waals surface area contributed by atoms with Gasteiger partial charge in [-0.15, -0.1) is 0 Å². The van der Waals surface area contributed by atoms with Gasteiger partial charge in [0, 0.05) is 30.1 Å². The Bertz CT molecular complexity index is 1210. The van der Waals surface area contributed by atoms with Crippen LogP contribution in [0.5, 0.6) is 0 Å². The van der Waals surface area contributed by atoms with E-state index in [2.05, 4.69) is 39.7 Å². The van der Waals surface area contributed by atoms with Crippen molar-refractivity contribution in [2.24, 2.45) is 0 Å². The predicted molar refractivity (Wildman–Crippen MR) is 131 cm³/mol. The lowest BCUT2D eigenvalue weighted by Crippen LogP contribution is -2.30. The molecule has 0 bridgehead atoms. The summed E-state index contributed by atoms with van der Waals surface area (Å²) in [6.45, 7) is 4.14. The first-order chi connectivity index (χ1) is 16.5. The molecule has 2 aromatic heterocycles. The quantitative estimate of drug-likeness (QED) is 0.375. The van der Waals surface area contributed by atoms with E-state index in [-0.39, 0.29) is 30.0 Å². The Morgan fingerprint density at radius 3 is 2.24 bits per heavy atom. The number of benzene rings is 2. The van der Waals surface area contributed by atoms with Gasteiger partial charge in [-0.2, -0.15) is 5.10 Å². The number of fused-ring (bicyclic) bond motifs is 1. The van der Waals surface area contributed by atoms with E-state index in [0.29, 0.717) is 12.2 Å². The van der Waals surface area contributed by atoms with E-state index in [9.17, 15) is 9.59 Å². The molecule has 0 aliphatic rings. The fraction of sp³-hybridized carbons (Fsp3) is 0.259. The minimum Gasteiger partial charge on any atom is -0.452 e. The number of aromatic nitrogens is 3. The molecule has 0 saturated carbocycles. The number of hydrogen-bond donors (Lipinski definition) is 1. The maximum absolute atomic E-state index is 12.4. The number of nitrogens with zero attached hydrogens (tertiary/aromatic N) is 3. The van der Waals surface area contributed by atoms with Gasteiger partial charge in [-0.25, -0.2) is 14.5 Å². The van der Waals surface area contributed by atoms with Crippen LogP contribution >= 0.6 is 0 Å². The van der Waals surface area contributed by atoms with Crippen LogP contribution in [0.3, 0.4) is 0 Å². The fourth-order valence-electron chi connectivity index (χ4n) is 3.95. The maximum atomic E-state index is 12.4. The van der Waals surface area contributed by atoms with Gasteiger partial charge >= 0.3 is 5.97 Å². The SMILES string of the molecule is CC(C)n1ncc2cc(C(=O)OCC(=O)NCCC(c3ccccc3)c3ccccc3)cnc21. The number of pyridine rings is 1. The van der Waals surface area contributed by atoms with Crippen molar-refractivity contribution in [1.29, 1.82) is 0 Å². The van der Waals surface area contributed by atoms with Gasteiger partial charge < -0.3 is 10.1 Å². The summed E-state index contributed by atoms with van der Waals surface area (Å²) in [4.78, 5) is 29.1. The minimum atomic E-state index is -0.590. The van der Waals surface area contributed by atoms with Gasteiger partial charge in [0.05, 0.1) is 11.8 Å². The number of amides is 1. The zero-order chi connectivity index (χ0) is 23.9. The molecule has 4 rings (SSSR count). The Morgan fingerprint density at radius 2 is 1.62 bits per heavy atom. The van der Waals surface area contributed by atoms with Crippen LogP contribution in [0.1, 0.15) is 53.7 Å². The van der Waals surface area contributed by atoms with E-state index in [1.807, 2.05) is 50.2 Å². The average Bonchev–Trinajstić information content (AvgIpc) is 3.30. The fourth-order valence-corrected chi connectivity index (χ4v) is 3.95. The summed E-state index contributed by atoms with van der Waals surface area (Å²) in [5.74, 6) is -0.766. The Kier molecular flexibility index (Phi) is 7.32. The molecule has 0 spiro atoms. The third kappa shape index (κ3) is 5.49. The lowest BCUT2D eigenvalue weighted by Gasteiger charge is -2.18. The maximum Gasteiger partial charge on any atom is 0.340 e. The first-order valence-electron chi connectivity index (χ1n) is 11.4. The normalized spacial score (nSPS) is 11.2. The number of ether oxygens (including phenoxy) is 1. The molecule has 174 valence electrons. The molecule has 2 aromatic carbocycles. The Hall–Kier alpha value is -4.00. The molecular weight excluding hydrogens is 428 g/mol. The van der Waals surface area contributed by atoms with Gasteiger partial charge in [0.1, 0.15) is 0 Å². The molecule has 0 unspecified atom stereocenters. The molecule has 0 aliphatic carbocycles. The largest absolute Gasteiger partial charge is 0.452 e. The molecule has 7 nitrogen and oxygen atoms in total. The first-order valence-corrected chi connectivity index (χ1v) is 11.4. The molecular formula is C27H28N4O3. The minimum absolute atomic E-state index is 0.162. The number of nitrogens with one attached hydrogen (secondary N) is 1. The highest BCUT2D eigenvalue weighted by atomic mass is 16.5. The van der Waals surface area contributed by atoms with Crippen molar-refractivity contribution < 1.29 is 14.3 Å². The lowest BCUT2D eigenvalue weighted by molar-refractivity contribution is -0.124. The average molecular weight is 457 g/mol. The van der Waals surface area contributed by atoms with Crippen molar-refractivity contribution >= 4 is 22.9 Å². The summed E-state index contributed by atoms with van der Waals surface area (Å²) < 4.78 is 6.99. The second-order valence-electron chi connectivity index (χ2n) is 8.41. The zero-order valence-corrected chi connectivity index (χ0v) is 19.3. The molecule has 34 heavy (non-hydrogen) atoms. The number of hydrogen-bond acceptors (Lipinski definition) is 5. The third-order valence-electron chi connectivity index (χ3n) is 5.65. The number of esters is 1. The van der Waals surface area contributed by atoms with E-state index in [0.717, 1.165) is 11.8 Å². The number of carbonyl (C=O) groups excluding carboxylic acids is 2. The molecule has 0 radical (unpaired) electrons. The van der Waals surface area contributed by atoms with Gasteiger partial charge in [0.2, 0.25) is 0 Å². The van der Waals surface area contributed by atoms with Crippen LogP contribution in [0.25, 0.3) is 11.0 Å². The first kappa shape index (κ1) is 23.2. The zero-order valence-electron chi connectivity index (χ0n) is 19.3. The summed E-state index contributed by atoms with van der Waals surface area (Å²) in [6, 6.07) is 22.3. The van der Waals surface area contributed by atoms with Gasteiger partial charge in [0.15, 0.2) is 12.3 Å². The molecule has 0 saturated heterocycles. The molecule has 4 aromatic rings. The van der Waals surface area contributed by atoms with E-state index in [4.69, 9.17) is 4.74 Å². The molecule has 0 aliphatic heterocycles. The molecule has 2 heterocycles. The smallest absolute Gasteiger partial charge is 0.340 e. The van der Waals surface area contributed by atoms with E-state index in [1.165, 1.54) is 17.3 Å². The molecule has 0 atom stereocenters. The lowest BCUT2D eigenvalue weighted by atomic mass is 9.88. The summed E-state index contributed by atoms with van der Waals surface area (Å²) in [7, 11) is 0. The van der Waals surface area contributed by atoms with E-state index < -0.39 is 5.97 Å². The summed E-state index contributed by atoms with van der Waals surface area (Å²) in [6.07, 6.45) is 3.85. The van der Waals surface area contributed by atoms with Crippen LogP contribution in [0.15, 0.2) is 79.1 Å². The van der Waals surface area contributed by atoms with Crippen molar-refractivity contribution in [1.82, 2.24) is 20.1 Å². The predicted octanol–water partition coefficient (Wildman–Crippen LogP) is 4.51. The standard InChI is InChI=1S/C27H28N4O3/c1-19(2)31-26-22(17-30-31)15-23(16-29-26)27(33)34-18-25(32)28-14-13-24(20-9-5-3-6-10-20)21-11-7-4-8-12-21/h3-12,15-17,19,24H,13-14,18H2,1-2H3,(H,28,32). The highest BCUT2D eigenvalue weighted by Gasteiger charge is 2.16. The monoisotopic (exact) mass is 456 g/mol. The Labute approximate surface area is 198 Å². The second-order valence-corrected chi connectivity index (χ2v) is 8.41. The topological polar surface area (TPSA) is 86.1 Å². The molecule has 1 N–H and O–H groups in total. The molecule has 0 fully saturated rings.